The third kappa shape index (κ3) is 3.53. The average molecular weight is 282 g/mol. The lowest BCUT2D eigenvalue weighted by Gasteiger charge is -2.47. The van der Waals surface area contributed by atoms with Crippen molar-refractivity contribution in [2.75, 3.05) is 39.4 Å². The highest BCUT2D eigenvalue weighted by molar-refractivity contribution is 4.89. The number of rotatable bonds is 1. The molecule has 2 aliphatic heterocycles. The Morgan fingerprint density at radius 1 is 1.00 bits per heavy atom. The first-order valence-electron chi connectivity index (χ1n) is 8.46. The number of aliphatic hydroxyl groups excluding tert-OH is 1. The monoisotopic (exact) mass is 282 g/mol. The smallest absolute Gasteiger partial charge is 0.0900 e. The molecule has 4 heteroatoms. The van der Waals surface area contributed by atoms with Crippen molar-refractivity contribution in [3.05, 3.63) is 0 Å². The fraction of sp³-hybridized carbons (Fsp3) is 1.00. The maximum atomic E-state index is 9.92. The molecule has 1 N–H and O–H groups in total. The predicted molar refractivity (Wildman–Crippen MR) is 79.8 cm³/mol. The van der Waals surface area contributed by atoms with Gasteiger partial charge >= 0.3 is 0 Å². The molecule has 0 aromatic rings. The summed E-state index contributed by atoms with van der Waals surface area (Å²) in [5.41, 5.74) is 0. The van der Waals surface area contributed by atoms with Crippen LogP contribution in [-0.2, 0) is 4.74 Å². The third-order valence-corrected chi connectivity index (χ3v) is 5.41. The summed E-state index contributed by atoms with van der Waals surface area (Å²) >= 11 is 0. The molecule has 116 valence electrons. The van der Waals surface area contributed by atoms with E-state index in [2.05, 4.69) is 16.7 Å². The van der Waals surface area contributed by atoms with E-state index in [0.717, 1.165) is 38.1 Å². The summed E-state index contributed by atoms with van der Waals surface area (Å²) < 4.78 is 5.54. The fourth-order valence-electron chi connectivity index (χ4n) is 4.26. The van der Waals surface area contributed by atoms with Gasteiger partial charge in [-0.15, -0.1) is 0 Å². The lowest BCUT2D eigenvalue weighted by Crippen LogP contribution is -2.58. The molecule has 2 heterocycles. The Labute approximate surface area is 123 Å². The molecule has 0 radical (unpaired) electrons. The van der Waals surface area contributed by atoms with Crippen LogP contribution in [0.3, 0.4) is 0 Å². The Balaban J connectivity index is 1.58. The van der Waals surface area contributed by atoms with Gasteiger partial charge in [0, 0.05) is 44.9 Å². The molecule has 20 heavy (non-hydrogen) atoms. The van der Waals surface area contributed by atoms with Crippen molar-refractivity contribution in [2.24, 2.45) is 5.92 Å². The Hall–Kier alpha value is -0.160. The van der Waals surface area contributed by atoms with Crippen LogP contribution >= 0.6 is 0 Å². The van der Waals surface area contributed by atoms with Crippen LogP contribution in [0.5, 0.6) is 0 Å². The van der Waals surface area contributed by atoms with Crippen LogP contribution in [0, 0.1) is 5.92 Å². The van der Waals surface area contributed by atoms with E-state index in [1.807, 2.05) is 0 Å². The second-order valence-electron chi connectivity index (χ2n) is 7.09. The van der Waals surface area contributed by atoms with E-state index in [9.17, 15) is 5.11 Å². The van der Waals surface area contributed by atoms with Crippen LogP contribution in [-0.4, -0.2) is 72.5 Å². The number of piperazine rings is 1. The maximum Gasteiger partial charge on any atom is 0.0900 e. The van der Waals surface area contributed by atoms with Gasteiger partial charge in [0.15, 0.2) is 0 Å². The molecule has 3 aliphatic rings. The van der Waals surface area contributed by atoms with Crippen molar-refractivity contribution in [1.29, 1.82) is 0 Å². The normalized spacial score (nSPS) is 41.7. The minimum atomic E-state index is -0.306. The summed E-state index contributed by atoms with van der Waals surface area (Å²) in [5.74, 6) is 0.897. The van der Waals surface area contributed by atoms with E-state index in [0.29, 0.717) is 12.6 Å². The van der Waals surface area contributed by atoms with Gasteiger partial charge in [-0.25, -0.2) is 0 Å². The minimum absolute atomic E-state index is 0.306. The highest BCUT2D eigenvalue weighted by Crippen LogP contribution is 2.29. The highest BCUT2D eigenvalue weighted by Gasteiger charge is 2.33. The first-order valence-corrected chi connectivity index (χ1v) is 8.46. The lowest BCUT2D eigenvalue weighted by atomic mass is 9.85. The molecule has 1 aliphatic carbocycles. The fourth-order valence-corrected chi connectivity index (χ4v) is 4.26. The third-order valence-electron chi connectivity index (χ3n) is 5.41. The van der Waals surface area contributed by atoms with E-state index in [-0.39, 0.29) is 6.10 Å². The molecule has 3 rings (SSSR count). The zero-order valence-electron chi connectivity index (χ0n) is 12.8. The molecular weight excluding hydrogens is 252 g/mol. The molecule has 2 unspecified atom stereocenters. The van der Waals surface area contributed by atoms with Crippen LogP contribution in [0.15, 0.2) is 0 Å². The molecule has 0 aromatic carbocycles. The summed E-state index contributed by atoms with van der Waals surface area (Å²) in [7, 11) is 0. The molecule has 0 aromatic heterocycles. The zero-order valence-corrected chi connectivity index (χ0v) is 12.8. The van der Waals surface area contributed by atoms with Crippen molar-refractivity contribution in [1.82, 2.24) is 9.80 Å². The van der Waals surface area contributed by atoms with Gasteiger partial charge in [-0.2, -0.15) is 0 Å². The van der Waals surface area contributed by atoms with Crippen LogP contribution in [0.25, 0.3) is 0 Å². The van der Waals surface area contributed by atoms with Crippen LogP contribution in [0.2, 0.25) is 0 Å². The van der Waals surface area contributed by atoms with E-state index in [1.165, 1.54) is 38.8 Å². The quantitative estimate of drug-likeness (QED) is 0.787. The van der Waals surface area contributed by atoms with Crippen molar-refractivity contribution in [3.8, 4) is 0 Å². The summed E-state index contributed by atoms with van der Waals surface area (Å²) in [6.45, 7) is 7.98. The largest absolute Gasteiger partial charge is 0.389 e. The number of fused-ring (bicyclic) bond motifs is 1. The Morgan fingerprint density at radius 2 is 1.80 bits per heavy atom. The predicted octanol–water partition coefficient (Wildman–Crippen LogP) is 1.33. The number of hydrogen-bond acceptors (Lipinski definition) is 4. The average Bonchev–Trinajstić information content (AvgIpc) is 2.42. The van der Waals surface area contributed by atoms with E-state index < -0.39 is 0 Å². The van der Waals surface area contributed by atoms with E-state index in [4.69, 9.17) is 4.74 Å². The SMILES string of the molecule is C[C@@H]1CCC[C@H](N2CCN3CC(O)COCCC3C2)C1. The number of nitrogens with zero attached hydrogens (tertiary/aromatic N) is 2. The van der Waals surface area contributed by atoms with Gasteiger partial charge in [0.2, 0.25) is 0 Å². The molecular formula is C16H30N2O2. The summed E-state index contributed by atoms with van der Waals surface area (Å²) in [6, 6.07) is 1.38. The van der Waals surface area contributed by atoms with Crippen LogP contribution < -0.4 is 0 Å². The molecule has 0 bridgehead atoms. The van der Waals surface area contributed by atoms with Crippen molar-refractivity contribution in [3.63, 3.8) is 0 Å². The first-order chi connectivity index (χ1) is 9.72. The van der Waals surface area contributed by atoms with Crippen LogP contribution in [0.4, 0.5) is 0 Å². The first kappa shape index (κ1) is 14.8. The number of aliphatic hydroxyl groups is 1. The van der Waals surface area contributed by atoms with Crippen molar-refractivity contribution < 1.29 is 9.84 Å². The van der Waals surface area contributed by atoms with Gasteiger partial charge in [0.25, 0.3) is 0 Å². The van der Waals surface area contributed by atoms with E-state index in [1.54, 1.807) is 0 Å². The summed E-state index contributed by atoms with van der Waals surface area (Å²) in [5, 5.41) is 9.92. The minimum Gasteiger partial charge on any atom is -0.389 e. The number of ether oxygens (including phenoxy) is 1. The van der Waals surface area contributed by atoms with E-state index >= 15 is 0 Å². The van der Waals surface area contributed by atoms with Gasteiger partial charge in [0.05, 0.1) is 12.7 Å². The van der Waals surface area contributed by atoms with Gasteiger partial charge in [0.1, 0.15) is 0 Å². The Kier molecular flexibility index (Phi) is 4.97. The Morgan fingerprint density at radius 3 is 2.60 bits per heavy atom. The van der Waals surface area contributed by atoms with Crippen molar-refractivity contribution >= 4 is 0 Å². The van der Waals surface area contributed by atoms with Gasteiger partial charge in [-0.05, 0) is 25.2 Å². The Bertz CT molecular complexity index is 311. The molecule has 2 saturated heterocycles. The molecule has 4 nitrogen and oxygen atoms in total. The lowest BCUT2D eigenvalue weighted by molar-refractivity contribution is -0.0516. The summed E-state index contributed by atoms with van der Waals surface area (Å²) in [4.78, 5) is 5.22. The molecule has 0 amide bonds. The molecule has 1 saturated carbocycles. The van der Waals surface area contributed by atoms with Gasteiger partial charge in [-0.3, -0.25) is 9.80 Å². The topological polar surface area (TPSA) is 35.9 Å². The second kappa shape index (κ2) is 6.73. The molecule has 0 spiro atoms. The zero-order chi connectivity index (χ0) is 13.9. The molecule has 4 atom stereocenters. The number of hydrogen-bond donors (Lipinski definition) is 1. The second-order valence-corrected chi connectivity index (χ2v) is 7.09. The van der Waals surface area contributed by atoms with Crippen LogP contribution in [0.1, 0.15) is 39.0 Å². The molecule has 3 fully saturated rings. The van der Waals surface area contributed by atoms with Gasteiger partial charge < -0.3 is 9.84 Å². The highest BCUT2D eigenvalue weighted by atomic mass is 16.5. The maximum absolute atomic E-state index is 9.92. The summed E-state index contributed by atoms with van der Waals surface area (Å²) in [6.07, 6.45) is 6.39. The standard InChI is InChI=1S/C16H30N2O2/c1-13-3-2-4-14(9-13)17-6-7-18-11-16(19)12-20-8-5-15(18)10-17/h13-16,19H,2-12H2,1H3/t13-,14+,15?,16?/m1/s1. The van der Waals surface area contributed by atoms with Gasteiger partial charge in [-0.1, -0.05) is 19.8 Å². The van der Waals surface area contributed by atoms with Crippen molar-refractivity contribution in [2.45, 2.75) is 57.2 Å².